The average Bonchev–Trinajstić information content (AvgIpc) is 2.92. The van der Waals surface area contributed by atoms with E-state index in [0.717, 1.165) is 56.8 Å². The monoisotopic (exact) mass is 485 g/mol. The van der Waals surface area contributed by atoms with Gasteiger partial charge in [0.25, 0.3) is 0 Å². The molecule has 0 spiro atoms. The van der Waals surface area contributed by atoms with Crippen molar-refractivity contribution < 1.29 is 14.2 Å². The summed E-state index contributed by atoms with van der Waals surface area (Å²) >= 11 is 6.45. The van der Waals surface area contributed by atoms with Gasteiger partial charge in [-0.3, -0.25) is 4.99 Å². The highest BCUT2D eigenvalue weighted by Gasteiger charge is 2.09. The molecule has 4 rings (SSSR count). The lowest BCUT2D eigenvalue weighted by Gasteiger charge is -2.11. The van der Waals surface area contributed by atoms with Gasteiger partial charge in [-0.05, 0) is 96.3 Å². The average molecular weight is 486 g/mol. The highest BCUT2D eigenvalue weighted by molar-refractivity contribution is 6.31. The maximum Gasteiger partial charge on any atom is 0.119 e. The van der Waals surface area contributed by atoms with Crippen LogP contribution >= 0.6 is 11.6 Å². The molecule has 0 fully saturated rings. The fourth-order valence-electron chi connectivity index (χ4n) is 3.68. The molecule has 0 saturated heterocycles. The number of ether oxygens (including phenoxy) is 3. The number of nitrogens with zero attached hydrogens (tertiary/aromatic N) is 1. The first-order valence-corrected chi connectivity index (χ1v) is 11.8. The second-order valence-electron chi connectivity index (χ2n) is 8.01. The Balaban J connectivity index is 1.53. The molecule has 4 aromatic rings. The Morgan fingerprint density at radius 2 is 1.40 bits per heavy atom. The van der Waals surface area contributed by atoms with Crippen molar-refractivity contribution in [3.8, 4) is 17.2 Å². The largest absolute Gasteiger partial charge is 0.497 e. The Morgan fingerprint density at radius 1 is 0.743 bits per heavy atom. The van der Waals surface area contributed by atoms with Crippen LogP contribution in [0, 0.1) is 0 Å². The van der Waals surface area contributed by atoms with Crippen molar-refractivity contribution >= 4 is 23.0 Å². The first-order chi connectivity index (χ1) is 17.1. The molecule has 0 saturated carbocycles. The zero-order valence-electron chi connectivity index (χ0n) is 19.9. The number of benzene rings is 4. The number of rotatable bonds is 10. The fourth-order valence-corrected chi connectivity index (χ4v) is 3.90. The van der Waals surface area contributed by atoms with E-state index in [1.807, 2.05) is 97.1 Å². The number of hydrogen-bond donors (Lipinski definition) is 0. The maximum absolute atomic E-state index is 6.45. The molecule has 0 heterocycles. The molecule has 35 heavy (non-hydrogen) atoms. The molecule has 0 aliphatic heterocycles. The van der Waals surface area contributed by atoms with Crippen LogP contribution in [0.3, 0.4) is 0 Å². The molecule has 0 bridgehead atoms. The smallest absolute Gasteiger partial charge is 0.119 e. The quantitative estimate of drug-likeness (QED) is 0.216. The third-order valence-electron chi connectivity index (χ3n) is 5.66. The van der Waals surface area contributed by atoms with Crippen LogP contribution in [0.5, 0.6) is 17.2 Å². The summed E-state index contributed by atoms with van der Waals surface area (Å²) in [5.74, 6) is 2.41. The van der Waals surface area contributed by atoms with Crippen LogP contribution < -0.4 is 14.2 Å². The normalized spacial score (nSPS) is 11.2. The summed E-state index contributed by atoms with van der Waals surface area (Å²) in [5.41, 5.74) is 5.02. The van der Waals surface area contributed by atoms with Gasteiger partial charge in [0, 0.05) is 10.7 Å². The van der Waals surface area contributed by atoms with E-state index in [4.69, 9.17) is 30.8 Å². The van der Waals surface area contributed by atoms with Gasteiger partial charge in [-0.1, -0.05) is 41.9 Å². The van der Waals surface area contributed by atoms with Crippen LogP contribution in [0.25, 0.3) is 0 Å². The zero-order valence-corrected chi connectivity index (χ0v) is 20.7. The number of hydrogen-bond acceptors (Lipinski definition) is 4. The molecule has 0 atom stereocenters. The van der Waals surface area contributed by atoms with E-state index in [-0.39, 0.29) is 0 Å². The predicted molar refractivity (Wildman–Crippen MR) is 143 cm³/mol. The van der Waals surface area contributed by atoms with E-state index in [1.165, 1.54) is 0 Å². The van der Waals surface area contributed by atoms with E-state index < -0.39 is 0 Å². The van der Waals surface area contributed by atoms with Gasteiger partial charge in [0.1, 0.15) is 23.9 Å². The van der Waals surface area contributed by atoms with Crippen LogP contribution in [0.2, 0.25) is 5.02 Å². The predicted octanol–water partition coefficient (Wildman–Crippen LogP) is 7.69. The van der Waals surface area contributed by atoms with Gasteiger partial charge in [0.2, 0.25) is 0 Å². The maximum atomic E-state index is 6.45. The van der Waals surface area contributed by atoms with Crippen molar-refractivity contribution in [3.63, 3.8) is 0 Å². The molecular formula is C30H28ClNO3. The van der Waals surface area contributed by atoms with Crippen LogP contribution in [-0.4, -0.2) is 19.9 Å². The Morgan fingerprint density at radius 3 is 2.09 bits per heavy atom. The molecule has 0 amide bonds. The van der Waals surface area contributed by atoms with Crippen LogP contribution in [0.4, 0.5) is 5.69 Å². The lowest BCUT2D eigenvalue weighted by molar-refractivity contribution is 0.306. The third kappa shape index (κ3) is 6.87. The number of aliphatic imine (C=N–C) groups is 1. The molecule has 178 valence electrons. The third-order valence-corrected chi connectivity index (χ3v) is 6.03. The molecule has 0 unspecified atom stereocenters. The van der Waals surface area contributed by atoms with Crippen molar-refractivity contribution in [2.45, 2.75) is 19.4 Å². The molecule has 0 N–H and O–H groups in total. The van der Waals surface area contributed by atoms with Crippen LogP contribution in [0.15, 0.2) is 102 Å². The minimum atomic E-state index is 0.530. The zero-order chi connectivity index (χ0) is 24.5. The van der Waals surface area contributed by atoms with E-state index >= 15 is 0 Å². The summed E-state index contributed by atoms with van der Waals surface area (Å²) in [6, 6.07) is 31.6. The second-order valence-corrected chi connectivity index (χ2v) is 8.42. The lowest BCUT2D eigenvalue weighted by atomic mass is 10.0. The molecule has 5 heteroatoms. The molecule has 4 nitrogen and oxygen atoms in total. The van der Waals surface area contributed by atoms with Crippen molar-refractivity contribution in [2.24, 2.45) is 4.99 Å². The van der Waals surface area contributed by atoms with E-state index in [1.54, 1.807) is 14.2 Å². The van der Waals surface area contributed by atoms with E-state index in [0.29, 0.717) is 13.0 Å². The molecule has 0 aliphatic rings. The molecule has 0 radical (unpaired) electrons. The summed E-state index contributed by atoms with van der Waals surface area (Å²) in [6.07, 6.45) is 1.45. The van der Waals surface area contributed by atoms with Crippen molar-refractivity contribution in [1.29, 1.82) is 0 Å². The summed E-state index contributed by atoms with van der Waals surface area (Å²) in [7, 11) is 3.32. The topological polar surface area (TPSA) is 40.0 Å². The number of halogens is 1. The molecule has 0 aliphatic carbocycles. The van der Waals surface area contributed by atoms with Crippen LogP contribution in [-0.2, 0) is 13.0 Å². The van der Waals surface area contributed by atoms with Crippen molar-refractivity contribution in [1.82, 2.24) is 0 Å². The highest BCUT2D eigenvalue weighted by Crippen LogP contribution is 2.26. The standard InChI is InChI=1S/C30H28ClNO3/c1-33-26-13-8-23(9-14-26)30(19-10-24-20-28(34-2)17-18-29(24)31)32-25-11-15-27(16-12-25)35-21-22-6-4-3-5-7-22/h3-9,11-18,20H,10,19,21H2,1-2H3. The van der Waals surface area contributed by atoms with Gasteiger partial charge < -0.3 is 14.2 Å². The summed E-state index contributed by atoms with van der Waals surface area (Å²) in [4.78, 5) is 4.98. The second kappa shape index (κ2) is 12.1. The van der Waals surface area contributed by atoms with Gasteiger partial charge in [0.15, 0.2) is 0 Å². The summed E-state index contributed by atoms with van der Waals surface area (Å²) in [6.45, 7) is 0.530. The molecule has 0 aromatic heterocycles. The fraction of sp³-hybridized carbons (Fsp3) is 0.167. The molecule has 4 aromatic carbocycles. The Kier molecular flexibility index (Phi) is 8.42. The van der Waals surface area contributed by atoms with Gasteiger partial charge in [-0.25, -0.2) is 0 Å². The lowest BCUT2D eigenvalue weighted by Crippen LogP contribution is -2.04. The Labute approximate surface area is 211 Å². The van der Waals surface area contributed by atoms with Crippen molar-refractivity contribution in [2.75, 3.05) is 14.2 Å². The van der Waals surface area contributed by atoms with Crippen LogP contribution in [0.1, 0.15) is 23.1 Å². The van der Waals surface area contributed by atoms with Crippen molar-refractivity contribution in [3.05, 3.63) is 119 Å². The van der Waals surface area contributed by atoms with Gasteiger partial charge in [-0.2, -0.15) is 0 Å². The SMILES string of the molecule is COc1ccc(C(CCc2cc(OC)ccc2Cl)=Nc2ccc(OCc3ccccc3)cc2)cc1. The van der Waals surface area contributed by atoms with Gasteiger partial charge >= 0.3 is 0 Å². The van der Waals surface area contributed by atoms with Gasteiger partial charge in [0.05, 0.1) is 19.9 Å². The van der Waals surface area contributed by atoms with E-state index in [2.05, 4.69) is 0 Å². The minimum Gasteiger partial charge on any atom is -0.497 e. The first-order valence-electron chi connectivity index (χ1n) is 11.5. The highest BCUT2D eigenvalue weighted by atomic mass is 35.5. The summed E-state index contributed by atoms with van der Waals surface area (Å²) in [5, 5.41) is 0.722. The number of aryl methyl sites for hydroxylation is 1. The van der Waals surface area contributed by atoms with E-state index in [9.17, 15) is 0 Å². The number of methoxy groups -OCH3 is 2. The van der Waals surface area contributed by atoms with Gasteiger partial charge in [-0.15, -0.1) is 0 Å². The Hall–Kier alpha value is -3.76. The first kappa shape index (κ1) is 24.4. The molecular weight excluding hydrogens is 458 g/mol. The Bertz CT molecular complexity index is 1250. The minimum absolute atomic E-state index is 0.530. The summed E-state index contributed by atoms with van der Waals surface area (Å²) < 4.78 is 16.6.